The van der Waals surface area contributed by atoms with Crippen LogP contribution in [0.5, 0.6) is 0 Å². The summed E-state index contributed by atoms with van der Waals surface area (Å²) in [6, 6.07) is 7.96. The van der Waals surface area contributed by atoms with Gasteiger partial charge in [-0.05, 0) is 54.9 Å². The van der Waals surface area contributed by atoms with Gasteiger partial charge in [0.15, 0.2) is 5.11 Å². The second kappa shape index (κ2) is 6.18. The van der Waals surface area contributed by atoms with E-state index in [9.17, 15) is 0 Å². The van der Waals surface area contributed by atoms with Crippen molar-refractivity contribution in [3.63, 3.8) is 0 Å². The van der Waals surface area contributed by atoms with E-state index in [4.69, 9.17) is 12.2 Å². The SMILES string of the molecule is S=C(Nc1ccncc1)NC1(c2ccncc2)CCCC1. The van der Waals surface area contributed by atoms with Crippen molar-refractivity contribution in [3.05, 3.63) is 54.6 Å². The van der Waals surface area contributed by atoms with E-state index in [1.54, 1.807) is 12.4 Å². The maximum atomic E-state index is 5.49. The van der Waals surface area contributed by atoms with Gasteiger partial charge in [0, 0.05) is 30.5 Å². The Bertz CT molecular complexity index is 594. The number of rotatable bonds is 3. The van der Waals surface area contributed by atoms with Crippen molar-refractivity contribution >= 4 is 23.0 Å². The summed E-state index contributed by atoms with van der Waals surface area (Å²) >= 11 is 5.49. The normalized spacial score (nSPS) is 16.4. The Labute approximate surface area is 130 Å². The highest BCUT2D eigenvalue weighted by atomic mass is 32.1. The van der Waals surface area contributed by atoms with Crippen LogP contribution in [0.15, 0.2) is 49.1 Å². The van der Waals surface area contributed by atoms with Crippen LogP contribution < -0.4 is 10.6 Å². The molecule has 0 spiro atoms. The summed E-state index contributed by atoms with van der Waals surface area (Å²) in [5, 5.41) is 7.41. The Balaban J connectivity index is 1.75. The molecular weight excluding hydrogens is 280 g/mol. The van der Waals surface area contributed by atoms with Crippen molar-refractivity contribution in [1.29, 1.82) is 0 Å². The summed E-state index contributed by atoms with van der Waals surface area (Å²) in [6.45, 7) is 0. The van der Waals surface area contributed by atoms with Crippen LogP contribution in [0.4, 0.5) is 5.69 Å². The van der Waals surface area contributed by atoms with Gasteiger partial charge in [0.25, 0.3) is 0 Å². The number of anilines is 1. The third kappa shape index (κ3) is 3.19. The molecule has 2 aromatic heterocycles. The largest absolute Gasteiger partial charge is 0.353 e. The van der Waals surface area contributed by atoms with E-state index >= 15 is 0 Å². The molecule has 2 aromatic rings. The lowest BCUT2D eigenvalue weighted by molar-refractivity contribution is 0.408. The molecule has 3 rings (SSSR count). The second-order valence-corrected chi connectivity index (χ2v) is 5.75. The molecule has 0 amide bonds. The van der Waals surface area contributed by atoms with Crippen LogP contribution in [0.25, 0.3) is 0 Å². The monoisotopic (exact) mass is 298 g/mol. The fraction of sp³-hybridized carbons (Fsp3) is 0.312. The van der Waals surface area contributed by atoms with Crippen molar-refractivity contribution in [2.75, 3.05) is 5.32 Å². The zero-order chi connectivity index (χ0) is 14.5. The molecule has 1 saturated carbocycles. The molecule has 1 fully saturated rings. The van der Waals surface area contributed by atoms with Gasteiger partial charge in [-0.1, -0.05) is 12.8 Å². The highest BCUT2D eigenvalue weighted by Gasteiger charge is 2.36. The molecule has 0 aliphatic heterocycles. The summed E-state index contributed by atoms with van der Waals surface area (Å²) in [5.41, 5.74) is 2.14. The van der Waals surface area contributed by atoms with Gasteiger partial charge in [0.2, 0.25) is 0 Å². The first kappa shape index (κ1) is 13.9. The molecule has 2 N–H and O–H groups in total. The van der Waals surface area contributed by atoms with Crippen LogP contribution in [0, 0.1) is 0 Å². The van der Waals surface area contributed by atoms with Crippen molar-refractivity contribution in [2.24, 2.45) is 0 Å². The summed E-state index contributed by atoms with van der Waals surface area (Å²) < 4.78 is 0. The molecule has 0 saturated heterocycles. The molecular formula is C16H18N4S. The average molecular weight is 298 g/mol. The summed E-state index contributed by atoms with van der Waals surface area (Å²) in [5.74, 6) is 0. The minimum Gasteiger partial charge on any atom is -0.353 e. The Morgan fingerprint density at radius 2 is 1.52 bits per heavy atom. The smallest absolute Gasteiger partial charge is 0.171 e. The third-order valence-electron chi connectivity index (χ3n) is 3.98. The van der Waals surface area contributed by atoms with E-state index in [1.807, 2.05) is 24.5 Å². The summed E-state index contributed by atoms with van der Waals surface area (Å²) in [4.78, 5) is 8.12. The molecule has 0 bridgehead atoms. The maximum Gasteiger partial charge on any atom is 0.171 e. The molecule has 21 heavy (non-hydrogen) atoms. The van der Waals surface area contributed by atoms with Crippen LogP contribution in [-0.2, 0) is 5.54 Å². The van der Waals surface area contributed by atoms with Crippen LogP contribution in [-0.4, -0.2) is 15.1 Å². The van der Waals surface area contributed by atoms with E-state index in [1.165, 1.54) is 18.4 Å². The van der Waals surface area contributed by atoms with Crippen molar-refractivity contribution in [1.82, 2.24) is 15.3 Å². The van der Waals surface area contributed by atoms with Crippen LogP contribution >= 0.6 is 12.2 Å². The lowest BCUT2D eigenvalue weighted by Crippen LogP contribution is -2.45. The zero-order valence-electron chi connectivity index (χ0n) is 11.7. The third-order valence-corrected chi connectivity index (χ3v) is 4.19. The van der Waals surface area contributed by atoms with Gasteiger partial charge in [0.05, 0.1) is 5.54 Å². The molecule has 0 atom stereocenters. The number of nitrogens with one attached hydrogen (secondary N) is 2. The number of pyridine rings is 2. The van der Waals surface area contributed by atoms with E-state index in [0.29, 0.717) is 5.11 Å². The molecule has 1 aliphatic rings. The van der Waals surface area contributed by atoms with E-state index < -0.39 is 0 Å². The molecule has 5 heteroatoms. The predicted octanol–water partition coefficient (Wildman–Crippen LogP) is 3.23. The average Bonchev–Trinajstić information content (AvgIpc) is 2.99. The molecule has 0 aromatic carbocycles. The van der Waals surface area contributed by atoms with Crippen molar-refractivity contribution in [2.45, 2.75) is 31.2 Å². The Morgan fingerprint density at radius 1 is 0.952 bits per heavy atom. The van der Waals surface area contributed by atoms with Crippen molar-refractivity contribution < 1.29 is 0 Å². The summed E-state index contributed by atoms with van der Waals surface area (Å²) in [7, 11) is 0. The molecule has 1 aliphatic carbocycles. The maximum absolute atomic E-state index is 5.49. The predicted molar refractivity (Wildman–Crippen MR) is 88.0 cm³/mol. The fourth-order valence-electron chi connectivity index (χ4n) is 2.95. The first-order valence-electron chi connectivity index (χ1n) is 7.18. The van der Waals surface area contributed by atoms with Crippen LogP contribution in [0.1, 0.15) is 31.2 Å². The van der Waals surface area contributed by atoms with E-state index in [2.05, 4.69) is 32.7 Å². The van der Waals surface area contributed by atoms with Crippen LogP contribution in [0.2, 0.25) is 0 Å². The Kier molecular flexibility index (Phi) is 4.10. The molecule has 0 unspecified atom stereocenters. The van der Waals surface area contributed by atoms with Crippen molar-refractivity contribution in [3.8, 4) is 0 Å². The Hall–Kier alpha value is -2.01. The van der Waals surface area contributed by atoms with Crippen LogP contribution in [0.3, 0.4) is 0 Å². The molecule has 0 radical (unpaired) electrons. The standard InChI is InChI=1S/C16H18N4S/c21-15(19-14-5-11-18-12-6-14)20-16(7-1-2-8-16)13-3-9-17-10-4-13/h3-6,9-12H,1-2,7-8H2,(H2,18,19,20,21). The zero-order valence-corrected chi connectivity index (χ0v) is 12.6. The minimum absolute atomic E-state index is 0.0694. The number of thiocarbonyl (C=S) groups is 1. The molecule has 2 heterocycles. The topological polar surface area (TPSA) is 49.8 Å². The lowest BCUT2D eigenvalue weighted by Gasteiger charge is -2.32. The minimum atomic E-state index is -0.0694. The highest BCUT2D eigenvalue weighted by Crippen LogP contribution is 2.38. The van der Waals surface area contributed by atoms with Gasteiger partial charge in [-0.15, -0.1) is 0 Å². The molecule has 4 nitrogen and oxygen atoms in total. The molecule has 108 valence electrons. The van der Waals surface area contributed by atoms with Gasteiger partial charge in [-0.3, -0.25) is 9.97 Å². The van der Waals surface area contributed by atoms with E-state index in [-0.39, 0.29) is 5.54 Å². The number of nitrogens with zero attached hydrogens (tertiary/aromatic N) is 2. The number of hydrogen-bond acceptors (Lipinski definition) is 3. The number of aromatic nitrogens is 2. The number of hydrogen-bond donors (Lipinski definition) is 2. The van der Waals surface area contributed by atoms with Gasteiger partial charge >= 0.3 is 0 Å². The van der Waals surface area contributed by atoms with Gasteiger partial charge in [-0.2, -0.15) is 0 Å². The first-order chi connectivity index (χ1) is 10.3. The second-order valence-electron chi connectivity index (χ2n) is 5.34. The quantitative estimate of drug-likeness (QED) is 0.852. The van der Waals surface area contributed by atoms with E-state index in [0.717, 1.165) is 18.5 Å². The first-order valence-corrected chi connectivity index (χ1v) is 7.59. The van der Waals surface area contributed by atoms with Gasteiger partial charge < -0.3 is 10.6 Å². The fourth-order valence-corrected chi connectivity index (χ4v) is 3.26. The highest BCUT2D eigenvalue weighted by molar-refractivity contribution is 7.80. The van der Waals surface area contributed by atoms with Gasteiger partial charge in [-0.25, -0.2) is 0 Å². The van der Waals surface area contributed by atoms with Gasteiger partial charge in [0.1, 0.15) is 0 Å². The Morgan fingerprint density at radius 3 is 2.14 bits per heavy atom. The summed E-state index contributed by atoms with van der Waals surface area (Å²) in [6.07, 6.45) is 11.8. The lowest BCUT2D eigenvalue weighted by atomic mass is 9.89.